The van der Waals surface area contributed by atoms with Crippen LogP contribution in [0.15, 0.2) is 59.5 Å². The van der Waals surface area contributed by atoms with Gasteiger partial charge in [0.1, 0.15) is 6.17 Å². The van der Waals surface area contributed by atoms with Gasteiger partial charge < -0.3 is 5.32 Å². The van der Waals surface area contributed by atoms with E-state index in [2.05, 4.69) is 5.32 Å². The monoisotopic (exact) mass is 380 g/mol. The van der Waals surface area contributed by atoms with Crippen molar-refractivity contribution in [3.63, 3.8) is 0 Å². The van der Waals surface area contributed by atoms with Gasteiger partial charge in [0, 0.05) is 11.3 Å². The zero-order valence-corrected chi connectivity index (χ0v) is 15.1. The minimum absolute atomic E-state index is 0.0537. The van der Waals surface area contributed by atoms with Crippen molar-refractivity contribution in [3.05, 3.63) is 65.7 Å². The van der Waals surface area contributed by atoms with Crippen LogP contribution >= 0.6 is 11.8 Å². The van der Waals surface area contributed by atoms with Gasteiger partial charge in [0.05, 0.1) is 17.0 Å². The maximum Gasteiger partial charge on any atom is 0.263 e. The van der Waals surface area contributed by atoms with Crippen LogP contribution in [0.25, 0.3) is 0 Å². The molecule has 0 saturated carbocycles. The van der Waals surface area contributed by atoms with E-state index in [0.29, 0.717) is 17.5 Å². The highest BCUT2D eigenvalue weighted by Crippen LogP contribution is 2.32. The topological polar surface area (TPSA) is 83.6 Å². The van der Waals surface area contributed by atoms with E-state index in [4.69, 9.17) is 0 Å². The molecule has 1 saturated heterocycles. The summed E-state index contributed by atoms with van der Waals surface area (Å²) < 4.78 is 0. The number of carbonyl (C=O) groups is 4. The van der Waals surface area contributed by atoms with Gasteiger partial charge in [0.25, 0.3) is 11.8 Å². The van der Waals surface area contributed by atoms with Gasteiger partial charge in [-0.15, -0.1) is 0 Å². The number of nitrogens with zero attached hydrogens (tertiary/aromatic N) is 1. The molecule has 0 spiro atoms. The summed E-state index contributed by atoms with van der Waals surface area (Å²) >= 11 is 1.13. The maximum absolute atomic E-state index is 12.6. The van der Waals surface area contributed by atoms with Crippen molar-refractivity contribution in [1.82, 2.24) is 10.2 Å². The second-order valence-corrected chi connectivity index (χ2v) is 7.54. The maximum atomic E-state index is 12.6. The zero-order valence-electron chi connectivity index (χ0n) is 14.3. The van der Waals surface area contributed by atoms with E-state index in [9.17, 15) is 19.2 Å². The molecule has 0 aliphatic carbocycles. The van der Waals surface area contributed by atoms with Gasteiger partial charge in [0.2, 0.25) is 5.91 Å². The van der Waals surface area contributed by atoms with Crippen molar-refractivity contribution in [1.29, 1.82) is 0 Å². The van der Waals surface area contributed by atoms with Gasteiger partial charge in [-0.1, -0.05) is 42.1 Å². The summed E-state index contributed by atoms with van der Waals surface area (Å²) in [5.74, 6) is -1.62. The molecule has 0 aromatic heterocycles. The van der Waals surface area contributed by atoms with Crippen LogP contribution in [0.2, 0.25) is 0 Å². The molecule has 3 amide bonds. The Morgan fingerprint density at radius 2 is 1.52 bits per heavy atom. The Balaban J connectivity index is 1.41. The van der Waals surface area contributed by atoms with Crippen molar-refractivity contribution in [2.75, 3.05) is 0 Å². The molecule has 2 aromatic rings. The third-order valence-corrected chi connectivity index (χ3v) is 5.69. The largest absolute Gasteiger partial charge is 0.334 e. The van der Waals surface area contributed by atoms with Crippen LogP contribution in [0.5, 0.6) is 0 Å². The Labute approximate surface area is 159 Å². The Hall–Kier alpha value is -2.93. The van der Waals surface area contributed by atoms with E-state index in [-0.39, 0.29) is 17.4 Å². The van der Waals surface area contributed by atoms with Crippen molar-refractivity contribution < 1.29 is 19.2 Å². The van der Waals surface area contributed by atoms with Crippen molar-refractivity contribution in [2.45, 2.75) is 23.9 Å². The number of imide groups is 1. The van der Waals surface area contributed by atoms with Crippen LogP contribution < -0.4 is 5.32 Å². The number of fused-ring (bicyclic) bond motifs is 1. The number of β-lactam (4-membered cyclic amide) rings is 1. The first-order valence-corrected chi connectivity index (χ1v) is 9.41. The summed E-state index contributed by atoms with van der Waals surface area (Å²) in [7, 11) is 0. The first-order chi connectivity index (χ1) is 13.1. The lowest BCUT2D eigenvalue weighted by molar-refractivity contribution is -0.139. The van der Waals surface area contributed by atoms with E-state index in [1.807, 2.05) is 30.3 Å². The van der Waals surface area contributed by atoms with Crippen LogP contribution in [0.3, 0.4) is 0 Å². The van der Waals surface area contributed by atoms with Crippen molar-refractivity contribution in [2.24, 2.45) is 5.92 Å². The van der Waals surface area contributed by atoms with E-state index in [1.54, 1.807) is 24.3 Å². The predicted molar refractivity (Wildman–Crippen MR) is 98.9 cm³/mol. The predicted octanol–water partition coefficient (Wildman–Crippen LogP) is 2.45. The zero-order chi connectivity index (χ0) is 19.0. The summed E-state index contributed by atoms with van der Waals surface area (Å²) in [5.41, 5.74) is 0.691. The lowest BCUT2D eigenvalue weighted by atomic mass is 9.91. The highest BCUT2D eigenvalue weighted by Gasteiger charge is 2.50. The number of benzene rings is 2. The molecule has 2 atom stereocenters. The van der Waals surface area contributed by atoms with Gasteiger partial charge >= 0.3 is 0 Å². The fourth-order valence-corrected chi connectivity index (χ4v) is 4.11. The average molecular weight is 380 g/mol. The summed E-state index contributed by atoms with van der Waals surface area (Å²) in [5, 5.41) is 2.58. The van der Waals surface area contributed by atoms with Crippen LogP contribution in [-0.2, 0) is 9.59 Å². The number of hydrogen-bond donors (Lipinski definition) is 1. The highest BCUT2D eigenvalue weighted by atomic mass is 32.2. The number of rotatable bonds is 5. The van der Waals surface area contributed by atoms with Gasteiger partial charge in [-0.25, -0.2) is 0 Å². The minimum atomic E-state index is -0.695. The van der Waals surface area contributed by atoms with Crippen LogP contribution in [0.4, 0.5) is 0 Å². The Morgan fingerprint density at radius 1 is 0.926 bits per heavy atom. The molecule has 2 aliphatic heterocycles. The molecule has 0 unspecified atom stereocenters. The average Bonchev–Trinajstić information content (AvgIpc) is 2.91. The number of carbonyl (C=O) groups excluding carboxylic acids is 4. The minimum Gasteiger partial charge on any atom is -0.334 e. The molecule has 6 nitrogen and oxygen atoms in total. The van der Waals surface area contributed by atoms with Crippen molar-refractivity contribution in [3.8, 4) is 0 Å². The number of hydrogen-bond acceptors (Lipinski definition) is 5. The normalized spacial score (nSPS) is 20.9. The van der Waals surface area contributed by atoms with Gasteiger partial charge in [-0.05, 0) is 30.7 Å². The molecule has 0 radical (unpaired) electrons. The van der Waals surface area contributed by atoms with Gasteiger partial charge in [0.15, 0.2) is 5.12 Å². The molecule has 1 fully saturated rings. The molecule has 2 heterocycles. The third-order valence-electron chi connectivity index (χ3n) is 4.75. The lowest BCUT2D eigenvalue weighted by Crippen LogP contribution is -2.67. The summed E-state index contributed by atoms with van der Waals surface area (Å²) in [6, 6.07) is 15.9. The highest BCUT2D eigenvalue weighted by molar-refractivity contribution is 8.13. The molecule has 1 N–H and O–H groups in total. The Bertz CT molecular complexity index is 909. The molecular weight excluding hydrogens is 364 g/mol. The Morgan fingerprint density at radius 3 is 2.11 bits per heavy atom. The molecule has 4 rings (SSSR count). The van der Waals surface area contributed by atoms with Crippen LogP contribution in [0.1, 0.15) is 33.6 Å². The first kappa shape index (κ1) is 17.5. The molecule has 7 heteroatoms. The van der Waals surface area contributed by atoms with Crippen LogP contribution in [0, 0.1) is 5.92 Å². The standard InChI is InChI=1S/C20H16N2O4S/c23-16(27-12-6-2-1-3-7-12)11-10-15-17(21-18(15)24)22-19(25)13-8-4-5-9-14(13)20(22)26/h1-9,15,17H,10-11H2,(H,21,24)/t15-,17-/m1/s1. The SMILES string of the molecule is O=C(CC[C@H]1C(=O)N[C@@H]1N1C(=O)c2ccccc2C1=O)Sc1ccccc1. The second kappa shape index (κ2) is 7.00. The third kappa shape index (κ3) is 3.14. The quantitative estimate of drug-likeness (QED) is 0.489. The molecule has 2 aliphatic rings. The number of thioether (sulfide) groups is 1. The fraction of sp³-hybridized carbons (Fsp3) is 0.200. The van der Waals surface area contributed by atoms with E-state index < -0.39 is 23.9 Å². The van der Waals surface area contributed by atoms with Gasteiger partial charge in [-0.3, -0.25) is 24.1 Å². The first-order valence-electron chi connectivity index (χ1n) is 8.59. The molecule has 136 valence electrons. The van der Waals surface area contributed by atoms with Crippen molar-refractivity contribution >= 4 is 34.6 Å². The van der Waals surface area contributed by atoms with Crippen LogP contribution in [-0.4, -0.2) is 33.9 Å². The lowest BCUT2D eigenvalue weighted by Gasteiger charge is -2.41. The summed E-state index contributed by atoms with van der Waals surface area (Å²) in [6.45, 7) is 0. The number of nitrogens with one attached hydrogen (secondary N) is 1. The Kier molecular flexibility index (Phi) is 4.53. The van der Waals surface area contributed by atoms with E-state index >= 15 is 0 Å². The molecular formula is C20H16N2O4S. The summed E-state index contributed by atoms with van der Waals surface area (Å²) in [6.07, 6.45) is -0.209. The number of amides is 3. The molecule has 2 aromatic carbocycles. The molecule has 27 heavy (non-hydrogen) atoms. The van der Waals surface area contributed by atoms with E-state index in [0.717, 1.165) is 21.6 Å². The molecule has 0 bridgehead atoms. The van der Waals surface area contributed by atoms with E-state index in [1.165, 1.54) is 0 Å². The second-order valence-electron chi connectivity index (χ2n) is 6.41. The smallest absolute Gasteiger partial charge is 0.263 e. The fourth-order valence-electron chi connectivity index (χ4n) is 3.34. The van der Waals surface area contributed by atoms with Gasteiger partial charge in [-0.2, -0.15) is 0 Å². The summed E-state index contributed by atoms with van der Waals surface area (Å²) in [4.78, 5) is 51.2.